The van der Waals surface area contributed by atoms with Gasteiger partial charge in [-0.1, -0.05) is 0 Å². The minimum atomic E-state index is -0.0360. The SMILES string of the molecule is CC(C)(C)OCCN1C[C@H]2CC(Nc3ncnc4[nH]ccc34)C[C@H]2C1. The monoisotopic (exact) mass is 343 g/mol. The third kappa shape index (κ3) is 3.80. The van der Waals surface area contributed by atoms with Crippen LogP contribution >= 0.6 is 0 Å². The molecule has 3 heterocycles. The first-order valence-corrected chi connectivity index (χ1v) is 9.39. The van der Waals surface area contributed by atoms with Gasteiger partial charge in [0.25, 0.3) is 0 Å². The summed E-state index contributed by atoms with van der Waals surface area (Å²) in [6.45, 7) is 10.7. The summed E-state index contributed by atoms with van der Waals surface area (Å²) in [5.74, 6) is 2.57. The molecule has 3 atom stereocenters. The summed E-state index contributed by atoms with van der Waals surface area (Å²) < 4.78 is 5.88. The van der Waals surface area contributed by atoms with E-state index in [9.17, 15) is 0 Å². The highest BCUT2D eigenvalue weighted by Gasteiger charge is 2.40. The van der Waals surface area contributed by atoms with Crippen molar-refractivity contribution in [2.45, 2.75) is 45.3 Å². The Labute approximate surface area is 149 Å². The number of hydrogen-bond donors (Lipinski definition) is 2. The Morgan fingerprint density at radius 3 is 2.72 bits per heavy atom. The number of aromatic nitrogens is 3. The van der Waals surface area contributed by atoms with E-state index in [1.165, 1.54) is 25.9 Å². The molecule has 2 fully saturated rings. The highest BCUT2D eigenvalue weighted by molar-refractivity contribution is 5.86. The minimum absolute atomic E-state index is 0.0360. The van der Waals surface area contributed by atoms with Crippen LogP contribution in [0.25, 0.3) is 11.0 Å². The van der Waals surface area contributed by atoms with Crippen LogP contribution in [0.4, 0.5) is 5.82 Å². The summed E-state index contributed by atoms with van der Waals surface area (Å²) in [6, 6.07) is 2.57. The van der Waals surface area contributed by atoms with Crippen LogP contribution in [0.2, 0.25) is 0 Å². The van der Waals surface area contributed by atoms with Gasteiger partial charge in [0.15, 0.2) is 0 Å². The van der Waals surface area contributed by atoms with Crippen LogP contribution in [0.15, 0.2) is 18.6 Å². The van der Waals surface area contributed by atoms with E-state index in [1.54, 1.807) is 6.33 Å². The molecule has 25 heavy (non-hydrogen) atoms. The van der Waals surface area contributed by atoms with E-state index in [4.69, 9.17) is 4.74 Å². The molecule has 0 spiro atoms. The normalized spacial score (nSPS) is 27.1. The fourth-order valence-electron chi connectivity index (χ4n) is 4.36. The zero-order valence-corrected chi connectivity index (χ0v) is 15.5. The van der Waals surface area contributed by atoms with E-state index < -0.39 is 0 Å². The molecular weight excluding hydrogens is 314 g/mol. The fourth-order valence-corrected chi connectivity index (χ4v) is 4.36. The molecule has 1 saturated heterocycles. The van der Waals surface area contributed by atoms with Gasteiger partial charge >= 0.3 is 0 Å². The lowest BCUT2D eigenvalue weighted by molar-refractivity contribution is -0.0116. The number of aromatic amines is 1. The minimum Gasteiger partial charge on any atom is -0.375 e. The van der Waals surface area contributed by atoms with Crippen LogP contribution in [0.5, 0.6) is 0 Å². The van der Waals surface area contributed by atoms with Crippen molar-refractivity contribution in [3.8, 4) is 0 Å². The van der Waals surface area contributed by atoms with E-state index >= 15 is 0 Å². The van der Waals surface area contributed by atoms with Crippen molar-refractivity contribution in [3.63, 3.8) is 0 Å². The van der Waals surface area contributed by atoms with E-state index in [2.05, 4.69) is 45.9 Å². The van der Waals surface area contributed by atoms with Crippen molar-refractivity contribution in [1.82, 2.24) is 19.9 Å². The molecule has 2 aromatic rings. The molecular formula is C19H29N5O. The molecule has 2 aromatic heterocycles. The van der Waals surface area contributed by atoms with Crippen molar-refractivity contribution in [3.05, 3.63) is 18.6 Å². The Kier molecular flexibility index (Phi) is 4.41. The molecule has 0 bridgehead atoms. The highest BCUT2D eigenvalue weighted by atomic mass is 16.5. The van der Waals surface area contributed by atoms with Gasteiger partial charge in [-0.15, -0.1) is 0 Å². The lowest BCUT2D eigenvalue weighted by Crippen LogP contribution is -2.31. The maximum atomic E-state index is 5.88. The number of ether oxygens (including phenoxy) is 1. The molecule has 2 aliphatic rings. The summed E-state index contributed by atoms with van der Waals surface area (Å²) >= 11 is 0. The summed E-state index contributed by atoms with van der Waals surface area (Å²) in [5.41, 5.74) is 0.867. The van der Waals surface area contributed by atoms with Crippen LogP contribution in [0.3, 0.4) is 0 Å². The van der Waals surface area contributed by atoms with Crippen molar-refractivity contribution < 1.29 is 4.74 Å². The Hall–Kier alpha value is -1.66. The quantitative estimate of drug-likeness (QED) is 0.874. The van der Waals surface area contributed by atoms with Crippen molar-refractivity contribution in [2.75, 3.05) is 31.6 Å². The zero-order valence-electron chi connectivity index (χ0n) is 15.5. The molecule has 6 heteroatoms. The average Bonchev–Trinajstić information content (AvgIpc) is 3.20. The second-order valence-corrected chi connectivity index (χ2v) is 8.52. The van der Waals surface area contributed by atoms with Crippen molar-refractivity contribution in [2.24, 2.45) is 11.8 Å². The predicted octanol–water partition coefficient (Wildman–Crippen LogP) is 2.90. The predicted molar refractivity (Wildman–Crippen MR) is 99.7 cm³/mol. The molecule has 1 unspecified atom stereocenters. The second kappa shape index (κ2) is 6.57. The molecule has 6 nitrogen and oxygen atoms in total. The molecule has 0 aromatic carbocycles. The number of hydrogen-bond acceptors (Lipinski definition) is 5. The van der Waals surface area contributed by atoms with E-state index in [1.807, 2.05) is 12.3 Å². The average molecular weight is 343 g/mol. The van der Waals surface area contributed by atoms with Gasteiger partial charge in [-0.25, -0.2) is 9.97 Å². The van der Waals surface area contributed by atoms with Crippen LogP contribution in [0, 0.1) is 11.8 Å². The maximum absolute atomic E-state index is 5.88. The van der Waals surface area contributed by atoms with Gasteiger partial charge < -0.3 is 19.9 Å². The van der Waals surface area contributed by atoms with Gasteiger partial charge in [-0.2, -0.15) is 0 Å². The second-order valence-electron chi connectivity index (χ2n) is 8.52. The standard InChI is InChI=1S/C19H29N5O/c1-19(2,3)25-7-6-24-10-13-8-15(9-14(13)11-24)23-18-16-4-5-20-17(16)21-12-22-18/h4-5,12-15H,6-11H2,1-3H3,(H2,20,21,22,23)/t13-,14+,15?. The Morgan fingerprint density at radius 1 is 1.24 bits per heavy atom. The Bertz CT molecular complexity index is 708. The third-order valence-electron chi connectivity index (χ3n) is 5.46. The summed E-state index contributed by atoms with van der Waals surface area (Å²) in [6.07, 6.45) is 6.02. The first-order chi connectivity index (χ1) is 12.0. The summed E-state index contributed by atoms with van der Waals surface area (Å²) in [4.78, 5) is 14.4. The van der Waals surface area contributed by atoms with Crippen LogP contribution in [-0.4, -0.2) is 57.7 Å². The summed E-state index contributed by atoms with van der Waals surface area (Å²) in [5, 5.41) is 4.75. The smallest absolute Gasteiger partial charge is 0.142 e. The van der Waals surface area contributed by atoms with Gasteiger partial charge in [-0.05, 0) is 51.5 Å². The largest absolute Gasteiger partial charge is 0.375 e. The number of fused-ring (bicyclic) bond motifs is 2. The Balaban J connectivity index is 1.29. The molecule has 136 valence electrons. The lowest BCUT2D eigenvalue weighted by Gasteiger charge is -2.23. The first-order valence-electron chi connectivity index (χ1n) is 9.39. The number of anilines is 1. The highest BCUT2D eigenvalue weighted by Crippen LogP contribution is 2.39. The van der Waals surface area contributed by atoms with Gasteiger partial charge in [0.1, 0.15) is 17.8 Å². The molecule has 1 saturated carbocycles. The van der Waals surface area contributed by atoms with Crippen LogP contribution in [0.1, 0.15) is 33.6 Å². The topological polar surface area (TPSA) is 66.1 Å². The number of nitrogens with one attached hydrogen (secondary N) is 2. The number of rotatable bonds is 5. The number of likely N-dealkylation sites (tertiary alicyclic amines) is 1. The van der Waals surface area contributed by atoms with Gasteiger partial charge in [0, 0.05) is 31.9 Å². The van der Waals surface area contributed by atoms with Gasteiger partial charge in [0.2, 0.25) is 0 Å². The molecule has 0 radical (unpaired) electrons. The van der Waals surface area contributed by atoms with E-state index in [0.717, 1.165) is 41.8 Å². The van der Waals surface area contributed by atoms with Crippen molar-refractivity contribution >= 4 is 16.9 Å². The van der Waals surface area contributed by atoms with Crippen LogP contribution in [-0.2, 0) is 4.74 Å². The van der Waals surface area contributed by atoms with E-state index in [0.29, 0.717) is 6.04 Å². The summed E-state index contributed by atoms with van der Waals surface area (Å²) in [7, 11) is 0. The molecule has 2 N–H and O–H groups in total. The van der Waals surface area contributed by atoms with Crippen molar-refractivity contribution in [1.29, 1.82) is 0 Å². The van der Waals surface area contributed by atoms with Gasteiger partial charge in [0.05, 0.1) is 17.6 Å². The molecule has 4 rings (SSSR count). The van der Waals surface area contributed by atoms with Crippen LogP contribution < -0.4 is 5.32 Å². The van der Waals surface area contributed by atoms with Gasteiger partial charge in [-0.3, -0.25) is 0 Å². The maximum Gasteiger partial charge on any atom is 0.142 e. The van der Waals surface area contributed by atoms with E-state index in [-0.39, 0.29) is 5.60 Å². The fraction of sp³-hybridized carbons (Fsp3) is 0.684. The zero-order chi connectivity index (χ0) is 17.4. The molecule has 1 aliphatic heterocycles. The third-order valence-corrected chi connectivity index (χ3v) is 5.46. The Morgan fingerprint density at radius 2 is 2.00 bits per heavy atom. The molecule has 1 aliphatic carbocycles. The number of nitrogens with zero attached hydrogens (tertiary/aromatic N) is 3. The number of H-pyrrole nitrogens is 1. The lowest BCUT2D eigenvalue weighted by atomic mass is 10.0. The molecule has 0 amide bonds. The first kappa shape index (κ1) is 16.8.